The molecule has 1 aromatic carbocycles. The maximum atomic E-state index is 11.8. The molecule has 1 heterocycles. The van der Waals surface area contributed by atoms with Gasteiger partial charge in [-0.1, -0.05) is 0 Å². The SMILES string of the molecule is Nc1ccc2nc(S(=O)(=O)CCOC(F)(F)F)sc2c1. The molecule has 0 saturated carbocycles. The molecular weight excluding hydrogens is 317 g/mol. The second-order valence-electron chi connectivity index (χ2n) is 3.82. The van der Waals surface area contributed by atoms with E-state index in [9.17, 15) is 21.6 Å². The number of alkyl halides is 3. The molecule has 1 aromatic heterocycles. The zero-order valence-electron chi connectivity index (χ0n) is 9.85. The Morgan fingerprint density at radius 2 is 2.05 bits per heavy atom. The molecule has 0 atom stereocenters. The molecule has 0 unspecified atom stereocenters. The molecule has 2 N–H and O–H groups in total. The number of nitrogens with two attached hydrogens (primary N) is 1. The molecule has 2 rings (SSSR count). The maximum absolute atomic E-state index is 11.8. The van der Waals surface area contributed by atoms with Crippen molar-refractivity contribution >= 4 is 37.1 Å². The van der Waals surface area contributed by atoms with E-state index in [-0.39, 0.29) is 4.34 Å². The topological polar surface area (TPSA) is 82.3 Å². The predicted octanol–water partition coefficient (Wildman–Crippen LogP) is 2.19. The van der Waals surface area contributed by atoms with Crippen LogP contribution < -0.4 is 5.73 Å². The Labute approximate surface area is 116 Å². The number of rotatable bonds is 4. The zero-order chi connectivity index (χ0) is 15.0. The normalized spacial score (nSPS) is 12.9. The molecule has 0 bridgehead atoms. The van der Waals surface area contributed by atoms with Gasteiger partial charge in [-0.25, -0.2) is 13.4 Å². The van der Waals surface area contributed by atoms with Crippen molar-refractivity contribution in [3.8, 4) is 0 Å². The summed E-state index contributed by atoms with van der Waals surface area (Å²) in [5.74, 6) is -0.790. The minimum absolute atomic E-state index is 0.246. The van der Waals surface area contributed by atoms with Crippen molar-refractivity contribution in [2.75, 3.05) is 18.1 Å². The number of fused-ring (bicyclic) bond motifs is 1. The summed E-state index contributed by atoms with van der Waals surface area (Å²) in [5.41, 5.74) is 6.43. The van der Waals surface area contributed by atoms with Crippen molar-refractivity contribution in [1.29, 1.82) is 0 Å². The van der Waals surface area contributed by atoms with E-state index in [1.165, 1.54) is 0 Å². The van der Waals surface area contributed by atoms with Crippen LogP contribution in [0.3, 0.4) is 0 Å². The number of sulfone groups is 1. The highest BCUT2D eigenvalue weighted by Crippen LogP contribution is 2.28. The van der Waals surface area contributed by atoms with E-state index in [1.54, 1.807) is 18.2 Å². The molecule has 5 nitrogen and oxygen atoms in total. The third-order valence-electron chi connectivity index (χ3n) is 2.28. The fraction of sp³-hybridized carbons (Fsp3) is 0.300. The molecule has 0 spiro atoms. The number of ether oxygens (including phenoxy) is 1. The molecule has 2 aromatic rings. The molecule has 0 aliphatic heterocycles. The zero-order valence-corrected chi connectivity index (χ0v) is 11.5. The van der Waals surface area contributed by atoms with Crippen LogP contribution in [0, 0.1) is 0 Å². The summed E-state index contributed by atoms with van der Waals surface area (Å²) in [5, 5.41) is 0. The van der Waals surface area contributed by atoms with E-state index in [2.05, 4.69) is 9.72 Å². The lowest BCUT2D eigenvalue weighted by molar-refractivity contribution is -0.322. The van der Waals surface area contributed by atoms with Gasteiger partial charge in [0.1, 0.15) is 0 Å². The lowest BCUT2D eigenvalue weighted by Gasteiger charge is -2.06. The summed E-state index contributed by atoms with van der Waals surface area (Å²) in [6.07, 6.45) is -4.85. The number of anilines is 1. The van der Waals surface area contributed by atoms with Gasteiger partial charge in [0.2, 0.25) is 14.2 Å². The van der Waals surface area contributed by atoms with Gasteiger partial charge in [-0.05, 0) is 18.2 Å². The van der Waals surface area contributed by atoms with Crippen molar-refractivity contribution in [1.82, 2.24) is 4.98 Å². The van der Waals surface area contributed by atoms with Gasteiger partial charge in [0, 0.05) is 5.69 Å². The number of nitrogen functional groups attached to an aromatic ring is 1. The first-order chi connectivity index (χ1) is 9.17. The highest BCUT2D eigenvalue weighted by Gasteiger charge is 2.30. The van der Waals surface area contributed by atoms with E-state index < -0.39 is 28.6 Å². The van der Waals surface area contributed by atoms with Crippen molar-refractivity contribution < 1.29 is 26.3 Å². The molecule has 0 amide bonds. The Morgan fingerprint density at radius 1 is 1.35 bits per heavy atom. The fourth-order valence-electron chi connectivity index (χ4n) is 1.41. The molecule has 0 aliphatic carbocycles. The van der Waals surface area contributed by atoms with Gasteiger partial charge >= 0.3 is 6.36 Å². The smallest absolute Gasteiger partial charge is 0.399 e. The first-order valence-corrected chi connectivity index (χ1v) is 7.74. The van der Waals surface area contributed by atoms with Gasteiger partial charge < -0.3 is 5.73 Å². The van der Waals surface area contributed by atoms with Gasteiger partial charge in [-0.2, -0.15) is 0 Å². The third-order valence-corrected chi connectivity index (χ3v) is 5.43. The molecule has 0 radical (unpaired) electrons. The van der Waals surface area contributed by atoms with Crippen LogP contribution in [0.25, 0.3) is 10.2 Å². The number of thiazole rings is 1. The summed E-state index contributed by atoms with van der Waals surface area (Å²) < 4.78 is 62.9. The number of aromatic nitrogens is 1. The molecule has 110 valence electrons. The van der Waals surface area contributed by atoms with Gasteiger partial charge in [0.05, 0.1) is 22.6 Å². The van der Waals surface area contributed by atoms with E-state index in [1.807, 2.05) is 0 Å². The second-order valence-corrected chi connectivity index (χ2v) is 7.13. The van der Waals surface area contributed by atoms with Crippen LogP contribution >= 0.6 is 11.3 Å². The lowest BCUT2D eigenvalue weighted by Crippen LogP contribution is -2.20. The van der Waals surface area contributed by atoms with Crippen LogP contribution in [0.15, 0.2) is 22.5 Å². The highest BCUT2D eigenvalue weighted by molar-refractivity contribution is 7.93. The number of nitrogens with zero attached hydrogens (tertiary/aromatic N) is 1. The number of benzene rings is 1. The summed E-state index contributed by atoms with van der Waals surface area (Å²) >= 11 is 0.860. The van der Waals surface area contributed by atoms with E-state index in [0.29, 0.717) is 15.9 Å². The van der Waals surface area contributed by atoms with Crippen LogP contribution in [0.5, 0.6) is 0 Å². The summed E-state index contributed by atoms with van der Waals surface area (Å²) in [4.78, 5) is 3.88. The monoisotopic (exact) mass is 326 g/mol. The summed E-state index contributed by atoms with van der Waals surface area (Å²) in [6.45, 7) is -0.968. The first kappa shape index (κ1) is 15.0. The van der Waals surface area contributed by atoms with E-state index in [0.717, 1.165) is 11.3 Å². The quantitative estimate of drug-likeness (QED) is 0.871. The van der Waals surface area contributed by atoms with Crippen molar-refractivity contribution in [3.63, 3.8) is 0 Å². The van der Waals surface area contributed by atoms with Gasteiger partial charge in [0.15, 0.2) is 0 Å². The second kappa shape index (κ2) is 5.19. The van der Waals surface area contributed by atoms with Crippen molar-refractivity contribution in [2.45, 2.75) is 10.7 Å². The number of hydrogen-bond acceptors (Lipinski definition) is 6. The maximum Gasteiger partial charge on any atom is 0.522 e. The Kier molecular flexibility index (Phi) is 3.89. The Hall–Kier alpha value is -1.39. The van der Waals surface area contributed by atoms with Crippen LogP contribution in [-0.4, -0.2) is 32.1 Å². The Bertz CT molecular complexity index is 725. The van der Waals surface area contributed by atoms with E-state index in [4.69, 9.17) is 5.73 Å². The molecule has 0 saturated heterocycles. The molecular formula is C10H9F3N2O3S2. The lowest BCUT2D eigenvalue weighted by atomic mass is 10.3. The predicted molar refractivity (Wildman–Crippen MR) is 68.1 cm³/mol. The highest BCUT2D eigenvalue weighted by atomic mass is 32.2. The molecule has 0 fully saturated rings. The van der Waals surface area contributed by atoms with Gasteiger partial charge in [-0.3, -0.25) is 4.74 Å². The van der Waals surface area contributed by atoms with Crippen molar-refractivity contribution in [2.24, 2.45) is 0 Å². The van der Waals surface area contributed by atoms with Crippen molar-refractivity contribution in [3.05, 3.63) is 18.2 Å². The Balaban J connectivity index is 2.19. The average molecular weight is 326 g/mol. The van der Waals surface area contributed by atoms with Crippen LogP contribution in [0.2, 0.25) is 0 Å². The average Bonchev–Trinajstić information content (AvgIpc) is 2.70. The fourth-order valence-corrected chi connectivity index (χ4v) is 3.89. The summed E-state index contributed by atoms with van der Waals surface area (Å²) in [6, 6.07) is 4.66. The van der Waals surface area contributed by atoms with E-state index >= 15 is 0 Å². The largest absolute Gasteiger partial charge is 0.522 e. The van der Waals surface area contributed by atoms with Gasteiger partial charge in [0.25, 0.3) is 0 Å². The van der Waals surface area contributed by atoms with Gasteiger partial charge in [-0.15, -0.1) is 24.5 Å². The molecule has 0 aliphatic rings. The first-order valence-electron chi connectivity index (χ1n) is 5.27. The standard InChI is InChI=1S/C10H9F3N2O3S2/c11-10(12,13)18-3-4-20(16,17)9-15-7-2-1-6(14)5-8(7)19-9/h1-2,5H,3-4,14H2. The summed E-state index contributed by atoms with van der Waals surface area (Å²) in [7, 11) is -3.92. The molecule has 20 heavy (non-hydrogen) atoms. The van der Waals surface area contributed by atoms with Crippen LogP contribution in [-0.2, 0) is 14.6 Å². The Morgan fingerprint density at radius 3 is 2.70 bits per heavy atom. The van der Waals surface area contributed by atoms with Crippen LogP contribution in [0.4, 0.5) is 18.9 Å². The minimum atomic E-state index is -4.85. The number of halogens is 3. The molecule has 10 heteroatoms. The minimum Gasteiger partial charge on any atom is -0.399 e. The van der Waals surface area contributed by atoms with Crippen LogP contribution in [0.1, 0.15) is 0 Å². The number of hydrogen-bond donors (Lipinski definition) is 1. The third kappa shape index (κ3) is 3.58.